The summed E-state index contributed by atoms with van der Waals surface area (Å²) in [5, 5.41) is 21.5. The Kier molecular flexibility index (Phi) is 5.09. The minimum atomic E-state index is -0.523. The number of methoxy groups -OCH3 is 1. The highest BCUT2D eigenvalue weighted by Gasteiger charge is 2.43. The fraction of sp³-hybridized carbons (Fsp3) is 0.500. The van der Waals surface area contributed by atoms with Crippen LogP contribution in [-0.2, 0) is 6.42 Å². The molecule has 0 aliphatic carbocycles. The van der Waals surface area contributed by atoms with E-state index in [4.69, 9.17) is 14.2 Å². The third kappa shape index (κ3) is 3.64. The summed E-state index contributed by atoms with van der Waals surface area (Å²) in [6.07, 6.45) is 2.12. The molecular formula is C24H29NO5. The summed E-state index contributed by atoms with van der Waals surface area (Å²) in [5.74, 6) is 2.40. The number of piperidine rings is 1. The van der Waals surface area contributed by atoms with Crippen LogP contribution in [0.25, 0.3) is 0 Å². The van der Waals surface area contributed by atoms with Gasteiger partial charge in [0.1, 0.15) is 22.8 Å². The largest absolute Gasteiger partial charge is 0.497 e. The van der Waals surface area contributed by atoms with Crippen LogP contribution in [0.15, 0.2) is 36.4 Å². The van der Waals surface area contributed by atoms with Crippen molar-refractivity contribution >= 4 is 0 Å². The molecule has 1 spiro atoms. The first kappa shape index (κ1) is 19.7. The fourth-order valence-corrected chi connectivity index (χ4v) is 4.96. The molecule has 1 fully saturated rings. The molecule has 0 bridgehead atoms. The maximum absolute atomic E-state index is 10.8. The Hall–Kier alpha value is -2.28. The number of nitrogens with zero attached hydrogens (tertiary/aromatic N) is 1. The number of β-amino-alcohol motifs (C(OH)–C–C–N with tert-alkyl or cyclic N) is 1. The zero-order valence-electron chi connectivity index (χ0n) is 17.3. The van der Waals surface area contributed by atoms with Crippen LogP contribution in [0.1, 0.15) is 48.2 Å². The molecule has 3 aliphatic rings. The monoisotopic (exact) mass is 411 g/mol. The smallest absolute Gasteiger partial charge is 0.129 e. The van der Waals surface area contributed by atoms with Gasteiger partial charge in [0, 0.05) is 44.1 Å². The molecule has 2 unspecified atom stereocenters. The highest BCUT2D eigenvalue weighted by Crippen LogP contribution is 2.45. The van der Waals surface area contributed by atoms with Gasteiger partial charge in [-0.3, -0.25) is 0 Å². The summed E-state index contributed by atoms with van der Waals surface area (Å²) in [7, 11) is 1.63. The zero-order chi connectivity index (χ0) is 20.7. The molecule has 0 saturated carbocycles. The highest BCUT2D eigenvalue weighted by molar-refractivity contribution is 5.44. The molecule has 1 saturated heterocycles. The molecule has 3 heterocycles. The van der Waals surface area contributed by atoms with E-state index in [2.05, 4.69) is 11.0 Å². The minimum absolute atomic E-state index is 0.356. The lowest BCUT2D eigenvalue weighted by atomic mass is 9.81. The molecule has 2 atom stereocenters. The Morgan fingerprint density at radius 2 is 2.00 bits per heavy atom. The van der Waals surface area contributed by atoms with E-state index >= 15 is 0 Å². The molecule has 6 nitrogen and oxygen atoms in total. The van der Waals surface area contributed by atoms with E-state index in [0.717, 1.165) is 67.3 Å². The van der Waals surface area contributed by atoms with Gasteiger partial charge >= 0.3 is 0 Å². The summed E-state index contributed by atoms with van der Waals surface area (Å²) < 4.78 is 17.3. The summed E-state index contributed by atoms with van der Waals surface area (Å²) in [6, 6.07) is 11.6. The molecule has 160 valence electrons. The van der Waals surface area contributed by atoms with Crippen molar-refractivity contribution < 1.29 is 24.4 Å². The van der Waals surface area contributed by atoms with Gasteiger partial charge in [-0.25, -0.2) is 0 Å². The van der Waals surface area contributed by atoms with Crippen molar-refractivity contribution in [3.05, 3.63) is 53.1 Å². The van der Waals surface area contributed by atoms with Gasteiger partial charge in [-0.2, -0.15) is 0 Å². The van der Waals surface area contributed by atoms with Crippen molar-refractivity contribution in [3.8, 4) is 17.2 Å². The van der Waals surface area contributed by atoms with Crippen molar-refractivity contribution in [1.29, 1.82) is 0 Å². The van der Waals surface area contributed by atoms with Crippen molar-refractivity contribution in [2.24, 2.45) is 0 Å². The Labute approximate surface area is 177 Å². The minimum Gasteiger partial charge on any atom is -0.497 e. The van der Waals surface area contributed by atoms with E-state index in [-0.39, 0.29) is 5.60 Å². The third-order valence-electron chi connectivity index (χ3n) is 6.77. The van der Waals surface area contributed by atoms with Crippen molar-refractivity contribution in [3.63, 3.8) is 0 Å². The molecule has 30 heavy (non-hydrogen) atoms. The molecule has 2 aromatic rings. The van der Waals surface area contributed by atoms with Crippen molar-refractivity contribution in [2.75, 3.05) is 33.4 Å². The van der Waals surface area contributed by atoms with E-state index in [9.17, 15) is 10.2 Å². The second-order valence-corrected chi connectivity index (χ2v) is 8.69. The Morgan fingerprint density at radius 3 is 2.80 bits per heavy atom. The lowest BCUT2D eigenvalue weighted by Gasteiger charge is -2.46. The predicted molar refractivity (Wildman–Crippen MR) is 112 cm³/mol. The third-order valence-corrected chi connectivity index (χ3v) is 6.77. The lowest BCUT2D eigenvalue weighted by Crippen LogP contribution is -2.51. The Balaban J connectivity index is 1.23. The second kappa shape index (κ2) is 7.76. The van der Waals surface area contributed by atoms with E-state index < -0.39 is 12.2 Å². The quantitative estimate of drug-likeness (QED) is 0.806. The van der Waals surface area contributed by atoms with Crippen LogP contribution >= 0.6 is 0 Å². The predicted octanol–water partition coefficient (Wildman–Crippen LogP) is 3.01. The van der Waals surface area contributed by atoms with Crippen LogP contribution < -0.4 is 14.2 Å². The molecule has 2 aromatic carbocycles. The summed E-state index contributed by atoms with van der Waals surface area (Å²) >= 11 is 0. The highest BCUT2D eigenvalue weighted by atomic mass is 16.5. The first-order valence-corrected chi connectivity index (χ1v) is 10.8. The summed E-state index contributed by atoms with van der Waals surface area (Å²) in [5.41, 5.74) is 2.61. The normalized spacial score (nSPS) is 23.2. The number of aliphatic hydroxyl groups excluding tert-OH is 2. The first-order chi connectivity index (χ1) is 14.5. The number of ether oxygens (including phenoxy) is 3. The number of benzene rings is 2. The average molecular weight is 411 g/mol. The molecule has 0 aromatic heterocycles. The summed E-state index contributed by atoms with van der Waals surface area (Å²) in [6.45, 7) is 2.99. The lowest BCUT2D eigenvalue weighted by molar-refractivity contribution is -0.0588. The van der Waals surface area contributed by atoms with Crippen LogP contribution in [0.4, 0.5) is 0 Å². The Bertz CT molecular complexity index is 922. The van der Waals surface area contributed by atoms with Crippen LogP contribution in [0.2, 0.25) is 0 Å². The molecule has 5 rings (SSSR count). The summed E-state index contributed by atoms with van der Waals surface area (Å²) in [4.78, 5) is 2.29. The number of rotatable bonds is 4. The van der Waals surface area contributed by atoms with Crippen molar-refractivity contribution in [2.45, 2.75) is 43.5 Å². The van der Waals surface area contributed by atoms with E-state index in [1.807, 2.05) is 30.3 Å². The van der Waals surface area contributed by atoms with Gasteiger partial charge in [-0.05, 0) is 48.2 Å². The van der Waals surface area contributed by atoms with Gasteiger partial charge in [-0.1, -0.05) is 6.07 Å². The number of fused-ring (bicyclic) bond motifs is 2. The van der Waals surface area contributed by atoms with Crippen molar-refractivity contribution in [1.82, 2.24) is 4.90 Å². The molecule has 2 N–H and O–H groups in total. The zero-order valence-corrected chi connectivity index (χ0v) is 17.3. The van der Waals surface area contributed by atoms with E-state index in [0.29, 0.717) is 13.0 Å². The van der Waals surface area contributed by atoms with Gasteiger partial charge in [0.05, 0.1) is 25.9 Å². The number of likely N-dealkylation sites (tertiary alicyclic amines) is 1. The number of hydrogen-bond acceptors (Lipinski definition) is 6. The SMILES string of the molecule is COc1ccc2c(c1)OC1(CCN(CC(O)c3ccc4c(c3)CCO4)CC1)CC2O. The topological polar surface area (TPSA) is 71.4 Å². The first-order valence-electron chi connectivity index (χ1n) is 10.8. The van der Waals surface area contributed by atoms with Gasteiger partial charge < -0.3 is 29.3 Å². The maximum Gasteiger partial charge on any atom is 0.129 e. The van der Waals surface area contributed by atoms with Crippen LogP contribution in [0, 0.1) is 0 Å². The van der Waals surface area contributed by atoms with Gasteiger partial charge in [0.15, 0.2) is 0 Å². The average Bonchev–Trinajstić information content (AvgIpc) is 3.23. The molecule has 6 heteroatoms. The molecule has 0 amide bonds. The molecule has 0 radical (unpaired) electrons. The Morgan fingerprint density at radius 1 is 1.17 bits per heavy atom. The van der Waals surface area contributed by atoms with Gasteiger partial charge in [-0.15, -0.1) is 0 Å². The molecular weight excluding hydrogens is 382 g/mol. The number of hydrogen-bond donors (Lipinski definition) is 2. The standard InChI is InChI=1S/C24H29NO5/c1-28-18-3-4-19-20(26)14-24(30-23(19)13-18)7-9-25(10-8-24)15-21(27)16-2-5-22-17(12-16)6-11-29-22/h2-5,12-13,20-21,26-27H,6-11,14-15H2,1H3. The van der Waals surface area contributed by atoms with Crippen LogP contribution in [0.5, 0.6) is 17.2 Å². The van der Waals surface area contributed by atoms with E-state index in [1.165, 1.54) is 5.56 Å². The van der Waals surface area contributed by atoms with Crippen LogP contribution in [0.3, 0.4) is 0 Å². The maximum atomic E-state index is 10.8. The van der Waals surface area contributed by atoms with E-state index in [1.54, 1.807) is 7.11 Å². The van der Waals surface area contributed by atoms with Gasteiger partial charge in [0.2, 0.25) is 0 Å². The fourth-order valence-electron chi connectivity index (χ4n) is 4.96. The van der Waals surface area contributed by atoms with Crippen LogP contribution in [-0.4, -0.2) is 54.1 Å². The molecule has 3 aliphatic heterocycles. The van der Waals surface area contributed by atoms with Gasteiger partial charge in [0.25, 0.3) is 0 Å². The number of aliphatic hydroxyl groups is 2. The second-order valence-electron chi connectivity index (χ2n) is 8.69.